The van der Waals surface area contributed by atoms with Crippen molar-refractivity contribution in [1.82, 2.24) is 5.32 Å². The van der Waals surface area contributed by atoms with Gasteiger partial charge in [0.15, 0.2) is 11.5 Å². The predicted octanol–water partition coefficient (Wildman–Crippen LogP) is 2.96. The summed E-state index contributed by atoms with van der Waals surface area (Å²) in [5, 5.41) is 13.1. The lowest BCUT2D eigenvalue weighted by atomic mass is 10.0. The lowest BCUT2D eigenvalue weighted by Gasteiger charge is -2.15. The summed E-state index contributed by atoms with van der Waals surface area (Å²) in [5.41, 5.74) is 1.10. The summed E-state index contributed by atoms with van der Waals surface area (Å²) in [7, 11) is 3.25. The van der Waals surface area contributed by atoms with Gasteiger partial charge in [-0.05, 0) is 36.6 Å². The molecule has 0 radical (unpaired) electrons. The Kier molecular flexibility index (Phi) is 7.34. The fourth-order valence-corrected chi connectivity index (χ4v) is 2.30. The second-order valence-electron chi connectivity index (χ2n) is 5.08. The molecule has 4 nitrogen and oxygen atoms in total. The monoisotopic (exact) mass is 345 g/mol. The van der Waals surface area contributed by atoms with Crippen molar-refractivity contribution >= 4 is 15.9 Å². The van der Waals surface area contributed by atoms with E-state index in [4.69, 9.17) is 9.47 Å². The summed E-state index contributed by atoms with van der Waals surface area (Å²) >= 11 is 3.53. The van der Waals surface area contributed by atoms with Crippen molar-refractivity contribution in [3.05, 3.63) is 22.2 Å². The minimum Gasteiger partial charge on any atom is -0.493 e. The first-order valence-electron chi connectivity index (χ1n) is 6.78. The van der Waals surface area contributed by atoms with Gasteiger partial charge in [-0.2, -0.15) is 0 Å². The van der Waals surface area contributed by atoms with Crippen LogP contribution in [0, 0.1) is 5.92 Å². The third kappa shape index (κ3) is 4.96. The fraction of sp³-hybridized carbons (Fsp3) is 0.600. The summed E-state index contributed by atoms with van der Waals surface area (Å²) < 4.78 is 11.5. The Labute approximate surface area is 129 Å². The molecule has 1 aromatic rings. The van der Waals surface area contributed by atoms with Crippen molar-refractivity contribution in [2.45, 2.75) is 32.9 Å². The minimum absolute atomic E-state index is 0.253. The number of hydrogen-bond acceptors (Lipinski definition) is 4. The third-order valence-electron chi connectivity index (χ3n) is 3.25. The molecule has 0 heterocycles. The minimum atomic E-state index is -0.253. The number of benzene rings is 1. The number of ether oxygens (including phenoxy) is 2. The standard InChI is InChI=1S/C15H24BrNO3/c1-10(2)13(18)5-6-17-9-11-7-14(19-3)15(20-4)8-12(11)16/h7-8,10,13,17-18H,5-6,9H2,1-4H3. The molecular formula is C15H24BrNO3. The molecule has 0 bridgehead atoms. The molecule has 0 saturated heterocycles. The van der Waals surface area contributed by atoms with E-state index in [1.54, 1.807) is 14.2 Å². The molecule has 1 rings (SSSR count). The van der Waals surface area contributed by atoms with Gasteiger partial charge in [0.25, 0.3) is 0 Å². The first-order chi connectivity index (χ1) is 9.49. The maximum atomic E-state index is 9.74. The Hall–Kier alpha value is -0.780. The molecule has 0 aliphatic heterocycles. The quantitative estimate of drug-likeness (QED) is 0.711. The van der Waals surface area contributed by atoms with E-state index in [2.05, 4.69) is 21.2 Å². The molecule has 2 N–H and O–H groups in total. The van der Waals surface area contributed by atoms with E-state index in [1.807, 2.05) is 26.0 Å². The van der Waals surface area contributed by atoms with E-state index in [-0.39, 0.29) is 6.10 Å². The van der Waals surface area contributed by atoms with Gasteiger partial charge < -0.3 is 19.9 Å². The molecule has 0 aliphatic rings. The van der Waals surface area contributed by atoms with Crippen LogP contribution < -0.4 is 14.8 Å². The highest BCUT2D eigenvalue weighted by Gasteiger charge is 2.10. The SMILES string of the molecule is COc1cc(Br)c(CNCCC(O)C(C)C)cc1OC. The smallest absolute Gasteiger partial charge is 0.161 e. The van der Waals surface area contributed by atoms with Gasteiger partial charge in [0.2, 0.25) is 0 Å². The summed E-state index contributed by atoms with van der Waals surface area (Å²) in [5.74, 6) is 1.72. The van der Waals surface area contributed by atoms with Gasteiger partial charge in [-0.3, -0.25) is 0 Å². The van der Waals surface area contributed by atoms with Crippen LogP contribution in [0.2, 0.25) is 0 Å². The summed E-state index contributed by atoms with van der Waals surface area (Å²) in [4.78, 5) is 0. The molecule has 0 amide bonds. The Balaban J connectivity index is 2.56. The van der Waals surface area contributed by atoms with Gasteiger partial charge in [-0.1, -0.05) is 29.8 Å². The number of aliphatic hydroxyl groups excluding tert-OH is 1. The van der Waals surface area contributed by atoms with E-state index < -0.39 is 0 Å². The molecule has 0 aliphatic carbocycles. The van der Waals surface area contributed by atoms with E-state index in [0.717, 1.165) is 28.8 Å². The highest BCUT2D eigenvalue weighted by atomic mass is 79.9. The first-order valence-corrected chi connectivity index (χ1v) is 7.58. The average Bonchev–Trinajstić information content (AvgIpc) is 2.43. The molecule has 0 saturated carbocycles. The molecule has 114 valence electrons. The topological polar surface area (TPSA) is 50.7 Å². The fourth-order valence-electron chi connectivity index (χ4n) is 1.84. The summed E-state index contributed by atoms with van der Waals surface area (Å²) in [6, 6.07) is 3.85. The zero-order valence-electron chi connectivity index (χ0n) is 12.6. The molecular weight excluding hydrogens is 322 g/mol. The number of nitrogens with one attached hydrogen (secondary N) is 1. The molecule has 5 heteroatoms. The van der Waals surface area contributed by atoms with Crippen LogP contribution >= 0.6 is 15.9 Å². The maximum absolute atomic E-state index is 9.74. The van der Waals surface area contributed by atoms with Crippen molar-refractivity contribution < 1.29 is 14.6 Å². The summed E-state index contributed by atoms with van der Waals surface area (Å²) in [6.45, 7) is 5.54. The van der Waals surface area contributed by atoms with Crippen LogP contribution in [0.3, 0.4) is 0 Å². The van der Waals surface area contributed by atoms with Gasteiger partial charge in [0, 0.05) is 11.0 Å². The van der Waals surface area contributed by atoms with Crippen LogP contribution in [0.15, 0.2) is 16.6 Å². The second kappa shape index (κ2) is 8.49. The van der Waals surface area contributed by atoms with Gasteiger partial charge >= 0.3 is 0 Å². The molecule has 0 fully saturated rings. The third-order valence-corrected chi connectivity index (χ3v) is 3.99. The van der Waals surface area contributed by atoms with Crippen molar-refractivity contribution in [3.8, 4) is 11.5 Å². The van der Waals surface area contributed by atoms with Crippen LogP contribution in [0.4, 0.5) is 0 Å². The molecule has 20 heavy (non-hydrogen) atoms. The van der Waals surface area contributed by atoms with Crippen LogP contribution in [0.25, 0.3) is 0 Å². The van der Waals surface area contributed by atoms with Crippen LogP contribution in [0.5, 0.6) is 11.5 Å². The Morgan fingerprint density at radius 3 is 2.35 bits per heavy atom. The normalized spacial score (nSPS) is 12.6. The van der Waals surface area contributed by atoms with Crippen LogP contribution in [0.1, 0.15) is 25.8 Å². The van der Waals surface area contributed by atoms with E-state index in [1.165, 1.54) is 0 Å². The number of methoxy groups -OCH3 is 2. The van der Waals surface area contributed by atoms with Crippen LogP contribution in [-0.2, 0) is 6.54 Å². The Bertz CT molecular complexity index is 424. The zero-order chi connectivity index (χ0) is 15.1. The lowest BCUT2D eigenvalue weighted by Crippen LogP contribution is -2.23. The van der Waals surface area contributed by atoms with E-state index in [0.29, 0.717) is 18.2 Å². The van der Waals surface area contributed by atoms with Gasteiger partial charge in [-0.15, -0.1) is 0 Å². The van der Waals surface area contributed by atoms with E-state index in [9.17, 15) is 5.11 Å². The number of hydrogen-bond donors (Lipinski definition) is 2. The lowest BCUT2D eigenvalue weighted by molar-refractivity contribution is 0.116. The Morgan fingerprint density at radius 2 is 1.80 bits per heavy atom. The highest BCUT2D eigenvalue weighted by molar-refractivity contribution is 9.10. The van der Waals surface area contributed by atoms with Crippen molar-refractivity contribution in [2.24, 2.45) is 5.92 Å². The van der Waals surface area contributed by atoms with Crippen molar-refractivity contribution in [2.75, 3.05) is 20.8 Å². The number of rotatable bonds is 8. The molecule has 0 aromatic heterocycles. The van der Waals surface area contributed by atoms with Crippen LogP contribution in [-0.4, -0.2) is 32.0 Å². The molecule has 1 atom stereocenters. The second-order valence-corrected chi connectivity index (χ2v) is 5.93. The number of halogens is 1. The van der Waals surface area contributed by atoms with Gasteiger partial charge in [0.1, 0.15) is 0 Å². The molecule has 1 unspecified atom stereocenters. The zero-order valence-corrected chi connectivity index (χ0v) is 14.2. The van der Waals surface area contributed by atoms with Gasteiger partial charge in [0.05, 0.1) is 20.3 Å². The summed E-state index contributed by atoms with van der Waals surface area (Å²) in [6.07, 6.45) is 0.499. The Morgan fingerprint density at radius 1 is 1.20 bits per heavy atom. The molecule has 1 aromatic carbocycles. The maximum Gasteiger partial charge on any atom is 0.161 e. The van der Waals surface area contributed by atoms with Gasteiger partial charge in [-0.25, -0.2) is 0 Å². The van der Waals surface area contributed by atoms with E-state index >= 15 is 0 Å². The molecule has 0 spiro atoms. The van der Waals surface area contributed by atoms with Crippen molar-refractivity contribution in [3.63, 3.8) is 0 Å². The first kappa shape index (κ1) is 17.3. The largest absolute Gasteiger partial charge is 0.493 e. The van der Waals surface area contributed by atoms with Crippen molar-refractivity contribution in [1.29, 1.82) is 0 Å². The highest BCUT2D eigenvalue weighted by Crippen LogP contribution is 2.33. The average molecular weight is 346 g/mol. The number of aliphatic hydroxyl groups is 1. The predicted molar refractivity (Wildman–Crippen MR) is 84.4 cm³/mol.